The van der Waals surface area contributed by atoms with Crippen LogP contribution in [0, 0.1) is 6.92 Å². The summed E-state index contributed by atoms with van der Waals surface area (Å²) in [6.45, 7) is 2.60. The van der Waals surface area contributed by atoms with E-state index in [2.05, 4.69) is 24.0 Å². The van der Waals surface area contributed by atoms with E-state index in [0.717, 1.165) is 42.5 Å². The Kier molecular flexibility index (Phi) is 4.62. The zero-order valence-corrected chi connectivity index (χ0v) is 17.0. The molecule has 152 valence electrons. The summed E-state index contributed by atoms with van der Waals surface area (Å²) in [5.74, 6) is 0. The number of hydrogen-bond donors (Lipinski definition) is 0. The predicted molar refractivity (Wildman–Crippen MR) is 117 cm³/mol. The van der Waals surface area contributed by atoms with Gasteiger partial charge >= 0.3 is 5.69 Å². The molecule has 4 aromatic rings. The van der Waals surface area contributed by atoms with Crippen LogP contribution in [-0.2, 0) is 6.54 Å². The molecule has 1 fully saturated rings. The first-order valence-electron chi connectivity index (χ1n) is 10.5. The molecule has 0 aliphatic heterocycles. The maximum Gasteiger partial charge on any atom is 0.337 e. The van der Waals surface area contributed by atoms with Crippen molar-refractivity contribution in [2.45, 2.75) is 45.2 Å². The maximum atomic E-state index is 13.6. The molecule has 1 aliphatic carbocycles. The lowest BCUT2D eigenvalue weighted by molar-refractivity contribution is 0.474. The fourth-order valence-electron chi connectivity index (χ4n) is 4.54. The van der Waals surface area contributed by atoms with E-state index >= 15 is 0 Å². The molecule has 2 aromatic carbocycles. The summed E-state index contributed by atoms with van der Waals surface area (Å²) in [4.78, 5) is 31.6. The molecule has 1 saturated carbocycles. The first-order valence-corrected chi connectivity index (χ1v) is 10.5. The number of fused-ring (bicyclic) bond motifs is 1. The summed E-state index contributed by atoms with van der Waals surface area (Å²) in [7, 11) is 0. The number of rotatable bonds is 4. The van der Waals surface area contributed by atoms with Crippen molar-refractivity contribution in [1.82, 2.24) is 18.7 Å². The van der Waals surface area contributed by atoms with E-state index in [4.69, 9.17) is 0 Å². The van der Waals surface area contributed by atoms with Gasteiger partial charge in [0.2, 0.25) is 0 Å². The molecule has 2 aromatic heterocycles. The van der Waals surface area contributed by atoms with Crippen LogP contribution in [0.15, 0.2) is 70.5 Å². The van der Waals surface area contributed by atoms with Gasteiger partial charge < -0.3 is 4.57 Å². The van der Waals surface area contributed by atoms with Crippen LogP contribution in [0.25, 0.3) is 16.9 Å². The highest BCUT2D eigenvalue weighted by Crippen LogP contribution is 2.28. The quantitative estimate of drug-likeness (QED) is 0.523. The molecule has 0 unspecified atom stereocenters. The molecule has 0 N–H and O–H groups in total. The number of hydrogen-bond acceptors (Lipinski definition) is 3. The largest absolute Gasteiger partial charge is 0.337 e. The van der Waals surface area contributed by atoms with Gasteiger partial charge in [0.05, 0.1) is 12.0 Å². The van der Waals surface area contributed by atoms with E-state index in [1.54, 1.807) is 10.9 Å². The summed E-state index contributed by atoms with van der Waals surface area (Å²) in [6.07, 6.45) is 5.49. The van der Waals surface area contributed by atoms with Crippen LogP contribution >= 0.6 is 0 Å². The van der Waals surface area contributed by atoms with Gasteiger partial charge in [0.1, 0.15) is 0 Å². The van der Waals surface area contributed by atoms with Gasteiger partial charge in [-0.05, 0) is 43.0 Å². The van der Waals surface area contributed by atoms with Crippen molar-refractivity contribution in [1.29, 1.82) is 0 Å². The summed E-state index contributed by atoms with van der Waals surface area (Å²) in [6, 6.07) is 17.5. The van der Waals surface area contributed by atoms with Crippen molar-refractivity contribution in [2.24, 2.45) is 0 Å². The molecular formula is C24H24N4O2. The van der Waals surface area contributed by atoms with Crippen molar-refractivity contribution in [3.8, 4) is 5.69 Å². The Morgan fingerprint density at radius 3 is 2.40 bits per heavy atom. The molecule has 6 nitrogen and oxygen atoms in total. The Balaban J connectivity index is 1.79. The lowest BCUT2D eigenvalue weighted by Gasteiger charge is -2.17. The van der Waals surface area contributed by atoms with Crippen LogP contribution in [0.1, 0.15) is 42.9 Å². The Labute approximate surface area is 174 Å². The smallest absolute Gasteiger partial charge is 0.320 e. The van der Waals surface area contributed by atoms with Gasteiger partial charge in [-0.1, -0.05) is 55.3 Å². The highest BCUT2D eigenvalue weighted by atomic mass is 16.2. The molecule has 0 atom stereocenters. The third-order valence-electron chi connectivity index (χ3n) is 6.16. The second-order valence-electron chi connectivity index (χ2n) is 8.04. The van der Waals surface area contributed by atoms with E-state index in [1.165, 1.54) is 4.57 Å². The topological polar surface area (TPSA) is 61.8 Å². The minimum Gasteiger partial charge on any atom is -0.320 e. The summed E-state index contributed by atoms with van der Waals surface area (Å²) in [5.41, 5.74) is 3.37. The Hall–Kier alpha value is -3.41. The number of benzene rings is 2. The SMILES string of the molecule is Cc1ccccc1Cn1cnc2c1c(=O)n(C1CCCC1)c(=O)n2-c1ccccc1. The molecule has 6 heteroatoms. The minimum atomic E-state index is -0.299. The molecule has 2 heterocycles. The van der Waals surface area contributed by atoms with Crippen LogP contribution in [0.2, 0.25) is 0 Å². The zero-order chi connectivity index (χ0) is 20.7. The lowest BCUT2D eigenvalue weighted by Crippen LogP contribution is -2.41. The third kappa shape index (κ3) is 3.00. The Morgan fingerprint density at radius 2 is 1.67 bits per heavy atom. The highest BCUT2D eigenvalue weighted by Gasteiger charge is 2.26. The number of para-hydroxylation sites is 1. The van der Waals surface area contributed by atoms with Crippen molar-refractivity contribution in [3.05, 3.63) is 92.9 Å². The molecule has 0 saturated heterocycles. The van der Waals surface area contributed by atoms with E-state index in [9.17, 15) is 9.59 Å². The molecular weight excluding hydrogens is 376 g/mol. The Bertz CT molecular complexity index is 1330. The van der Waals surface area contributed by atoms with Crippen molar-refractivity contribution in [2.75, 3.05) is 0 Å². The molecule has 30 heavy (non-hydrogen) atoms. The number of nitrogens with zero attached hydrogens (tertiary/aromatic N) is 4. The summed E-state index contributed by atoms with van der Waals surface area (Å²) < 4.78 is 4.94. The van der Waals surface area contributed by atoms with Crippen LogP contribution in [0.4, 0.5) is 0 Å². The van der Waals surface area contributed by atoms with E-state index in [-0.39, 0.29) is 17.3 Å². The van der Waals surface area contributed by atoms with Gasteiger partial charge in [0, 0.05) is 12.6 Å². The molecule has 0 amide bonds. The van der Waals surface area contributed by atoms with Crippen LogP contribution < -0.4 is 11.2 Å². The van der Waals surface area contributed by atoms with Gasteiger partial charge in [0.15, 0.2) is 11.2 Å². The van der Waals surface area contributed by atoms with Crippen LogP contribution in [0.3, 0.4) is 0 Å². The average molecular weight is 400 g/mol. The van der Waals surface area contributed by atoms with E-state index < -0.39 is 0 Å². The average Bonchev–Trinajstić information content (AvgIpc) is 3.41. The monoisotopic (exact) mass is 400 g/mol. The molecule has 0 spiro atoms. The molecule has 0 radical (unpaired) electrons. The van der Waals surface area contributed by atoms with Crippen LogP contribution in [-0.4, -0.2) is 18.7 Å². The van der Waals surface area contributed by atoms with E-state index in [0.29, 0.717) is 17.7 Å². The second-order valence-corrected chi connectivity index (χ2v) is 8.04. The zero-order valence-electron chi connectivity index (χ0n) is 17.0. The fraction of sp³-hybridized carbons (Fsp3) is 0.292. The highest BCUT2D eigenvalue weighted by molar-refractivity contribution is 5.72. The maximum absolute atomic E-state index is 13.6. The summed E-state index contributed by atoms with van der Waals surface area (Å²) >= 11 is 0. The standard InChI is InChI=1S/C24H24N4O2/c1-17-9-5-6-10-18(17)15-26-16-25-22-21(26)23(29)28(20-13-7-8-14-20)24(30)27(22)19-11-3-2-4-12-19/h2-6,9-12,16,20H,7-8,13-15H2,1H3. The summed E-state index contributed by atoms with van der Waals surface area (Å²) in [5, 5.41) is 0. The van der Waals surface area contributed by atoms with E-state index in [1.807, 2.05) is 47.0 Å². The number of aromatic nitrogens is 4. The predicted octanol–water partition coefficient (Wildman–Crippen LogP) is 3.82. The van der Waals surface area contributed by atoms with Gasteiger partial charge in [-0.3, -0.25) is 9.36 Å². The van der Waals surface area contributed by atoms with Crippen molar-refractivity contribution >= 4 is 11.2 Å². The fourth-order valence-corrected chi connectivity index (χ4v) is 4.54. The second kappa shape index (κ2) is 7.44. The number of imidazole rings is 1. The van der Waals surface area contributed by atoms with Crippen molar-refractivity contribution < 1.29 is 0 Å². The normalized spacial score (nSPS) is 14.6. The molecule has 1 aliphatic rings. The van der Waals surface area contributed by atoms with Gasteiger partial charge in [0.25, 0.3) is 5.56 Å². The van der Waals surface area contributed by atoms with Gasteiger partial charge in [-0.15, -0.1) is 0 Å². The van der Waals surface area contributed by atoms with Gasteiger partial charge in [-0.25, -0.2) is 14.3 Å². The minimum absolute atomic E-state index is 0.0498. The first kappa shape index (κ1) is 18.6. The van der Waals surface area contributed by atoms with Crippen molar-refractivity contribution in [3.63, 3.8) is 0 Å². The van der Waals surface area contributed by atoms with Gasteiger partial charge in [-0.2, -0.15) is 0 Å². The molecule has 0 bridgehead atoms. The third-order valence-corrected chi connectivity index (χ3v) is 6.16. The Morgan fingerprint density at radius 1 is 0.967 bits per heavy atom. The van der Waals surface area contributed by atoms with Crippen LogP contribution in [0.5, 0.6) is 0 Å². The molecule has 5 rings (SSSR count). The first-order chi connectivity index (χ1) is 14.6. The number of aryl methyl sites for hydroxylation is 1. The lowest BCUT2D eigenvalue weighted by atomic mass is 10.1.